The van der Waals surface area contributed by atoms with Crippen LogP contribution in [0.4, 0.5) is 10.8 Å². The fourth-order valence-electron chi connectivity index (χ4n) is 5.06. The van der Waals surface area contributed by atoms with Gasteiger partial charge < -0.3 is 19.0 Å². The van der Waals surface area contributed by atoms with E-state index in [-0.39, 0.29) is 5.56 Å². The molecule has 1 aliphatic rings. The van der Waals surface area contributed by atoms with E-state index in [0.717, 1.165) is 52.3 Å². The molecule has 2 aromatic heterocycles. The van der Waals surface area contributed by atoms with E-state index in [1.54, 1.807) is 35.6 Å². The Bertz CT molecular complexity index is 1910. The first-order valence-corrected chi connectivity index (χ1v) is 13.6. The summed E-state index contributed by atoms with van der Waals surface area (Å²) >= 11 is 1.57. The summed E-state index contributed by atoms with van der Waals surface area (Å²) in [5.41, 5.74) is 1.65. The molecule has 7 nitrogen and oxygen atoms in total. The van der Waals surface area contributed by atoms with E-state index >= 15 is 0 Å². The Morgan fingerprint density at radius 1 is 0.821 bits per heavy atom. The lowest BCUT2D eigenvalue weighted by molar-refractivity contribution is 0.0731. The third-order valence-corrected chi connectivity index (χ3v) is 8.17. The van der Waals surface area contributed by atoms with Crippen LogP contribution in [0.2, 0.25) is 0 Å². The van der Waals surface area contributed by atoms with E-state index in [9.17, 15) is 9.59 Å². The molecule has 0 spiro atoms. The summed E-state index contributed by atoms with van der Waals surface area (Å²) in [5, 5.41) is 3.53. The maximum absolute atomic E-state index is 13.0. The highest BCUT2D eigenvalue weighted by molar-refractivity contribution is 7.22. The van der Waals surface area contributed by atoms with E-state index in [1.807, 2.05) is 42.5 Å². The van der Waals surface area contributed by atoms with Gasteiger partial charge in [-0.25, -0.2) is 14.6 Å². The molecule has 6 aromatic rings. The lowest BCUT2D eigenvalue weighted by Crippen LogP contribution is -2.46. The van der Waals surface area contributed by atoms with Crippen LogP contribution in [0.5, 0.6) is 5.75 Å². The Morgan fingerprint density at radius 2 is 1.59 bits per heavy atom. The molecule has 4 aromatic carbocycles. The van der Waals surface area contributed by atoms with E-state index < -0.39 is 11.6 Å². The van der Waals surface area contributed by atoms with Crippen LogP contribution >= 0.6 is 11.3 Å². The van der Waals surface area contributed by atoms with Crippen LogP contribution in [-0.4, -0.2) is 37.1 Å². The summed E-state index contributed by atoms with van der Waals surface area (Å²) in [6.07, 6.45) is 0. The quantitative estimate of drug-likeness (QED) is 0.117. The second-order valence-corrected chi connectivity index (χ2v) is 10.5. The Morgan fingerprint density at radius 3 is 2.44 bits per heavy atom. The van der Waals surface area contributed by atoms with Gasteiger partial charge in [-0.05, 0) is 47.2 Å². The zero-order valence-corrected chi connectivity index (χ0v) is 21.7. The predicted molar refractivity (Wildman–Crippen MR) is 155 cm³/mol. The lowest BCUT2D eigenvalue weighted by atomic mass is 10.0. The minimum absolute atomic E-state index is 0.139. The molecule has 192 valence electrons. The normalized spacial score (nSPS) is 13.8. The Hall–Kier alpha value is -4.69. The highest BCUT2D eigenvalue weighted by Gasteiger charge is 2.21. The molecule has 0 aliphatic carbocycles. The van der Waals surface area contributed by atoms with Crippen molar-refractivity contribution in [2.45, 2.75) is 0 Å². The summed E-state index contributed by atoms with van der Waals surface area (Å²) in [5.74, 6) is -0.395. The van der Waals surface area contributed by atoms with Gasteiger partial charge in [0.1, 0.15) is 16.9 Å². The number of rotatable bonds is 4. The van der Waals surface area contributed by atoms with Crippen molar-refractivity contribution in [3.05, 3.63) is 107 Å². The van der Waals surface area contributed by atoms with Crippen molar-refractivity contribution >= 4 is 60.1 Å². The van der Waals surface area contributed by atoms with Crippen LogP contribution in [-0.2, 0) is 0 Å². The molecule has 0 saturated carbocycles. The molecule has 0 radical (unpaired) electrons. The molecule has 0 N–H and O–H groups in total. The van der Waals surface area contributed by atoms with Crippen molar-refractivity contribution < 1.29 is 13.9 Å². The SMILES string of the molecule is O=C(Oc1ccc2nc(N3CCN(c4ccccc4)CC3)sc2c1)c1cc2c(ccc3ccccc32)oc1=O. The number of piperazine rings is 1. The van der Waals surface area contributed by atoms with Gasteiger partial charge in [-0.3, -0.25) is 0 Å². The molecule has 0 unspecified atom stereocenters. The molecule has 1 saturated heterocycles. The average molecular weight is 534 g/mol. The number of carbonyl (C=O) groups excluding carboxylic acids is 1. The molecular formula is C31H23N3O4S. The molecule has 0 atom stereocenters. The minimum atomic E-state index is -0.750. The van der Waals surface area contributed by atoms with Crippen molar-refractivity contribution in [2.75, 3.05) is 36.0 Å². The van der Waals surface area contributed by atoms with E-state index in [2.05, 4.69) is 34.1 Å². The Kier molecular flexibility index (Phi) is 5.74. The number of hydrogen-bond donors (Lipinski definition) is 0. The average Bonchev–Trinajstić information content (AvgIpc) is 3.41. The number of para-hydroxylation sites is 1. The van der Waals surface area contributed by atoms with Crippen LogP contribution in [0.25, 0.3) is 32.0 Å². The maximum atomic E-state index is 13.0. The van der Waals surface area contributed by atoms with Gasteiger partial charge in [-0.2, -0.15) is 0 Å². The molecule has 1 fully saturated rings. The first-order chi connectivity index (χ1) is 19.1. The number of nitrogens with zero attached hydrogens (tertiary/aromatic N) is 3. The molecule has 8 heteroatoms. The smallest absolute Gasteiger partial charge is 0.351 e. The Labute approximate surface area is 227 Å². The van der Waals surface area contributed by atoms with E-state index in [4.69, 9.17) is 14.1 Å². The van der Waals surface area contributed by atoms with E-state index in [1.165, 1.54) is 5.69 Å². The van der Waals surface area contributed by atoms with Crippen LogP contribution in [0.1, 0.15) is 10.4 Å². The number of hydrogen-bond acceptors (Lipinski definition) is 8. The number of benzene rings is 4. The van der Waals surface area contributed by atoms with Gasteiger partial charge in [0.15, 0.2) is 5.13 Å². The zero-order valence-electron chi connectivity index (χ0n) is 20.9. The second-order valence-electron chi connectivity index (χ2n) is 9.47. The highest BCUT2D eigenvalue weighted by atomic mass is 32.1. The van der Waals surface area contributed by atoms with Gasteiger partial charge in [0, 0.05) is 43.3 Å². The largest absolute Gasteiger partial charge is 0.423 e. The predicted octanol–water partition coefficient (Wildman–Crippen LogP) is 6.10. The van der Waals surface area contributed by atoms with Gasteiger partial charge in [0.2, 0.25) is 0 Å². The standard InChI is InChI=1S/C31H23N3O4S/c35-29(25-19-24-23-9-5-4-6-20(23)10-13-27(24)38-30(25)36)37-22-11-12-26-28(18-22)39-31(32-26)34-16-14-33(15-17-34)21-7-2-1-3-8-21/h1-13,18-19H,14-17H2. The second kappa shape index (κ2) is 9.56. The summed E-state index contributed by atoms with van der Waals surface area (Å²) in [6.45, 7) is 3.60. The van der Waals surface area contributed by atoms with Crippen molar-refractivity contribution in [3.8, 4) is 5.75 Å². The topological polar surface area (TPSA) is 75.9 Å². The molecule has 39 heavy (non-hydrogen) atoms. The first kappa shape index (κ1) is 23.4. The van der Waals surface area contributed by atoms with Gasteiger partial charge in [-0.15, -0.1) is 0 Å². The van der Waals surface area contributed by atoms with Crippen molar-refractivity contribution in [1.82, 2.24) is 4.98 Å². The monoisotopic (exact) mass is 533 g/mol. The number of thiazole rings is 1. The van der Waals surface area contributed by atoms with Crippen molar-refractivity contribution in [1.29, 1.82) is 0 Å². The molecule has 1 aliphatic heterocycles. The minimum Gasteiger partial charge on any atom is -0.423 e. The number of carbonyl (C=O) groups is 1. The van der Waals surface area contributed by atoms with Gasteiger partial charge in [0.05, 0.1) is 10.2 Å². The highest BCUT2D eigenvalue weighted by Crippen LogP contribution is 2.33. The third kappa shape index (κ3) is 4.38. The molecule has 3 heterocycles. The van der Waals surface area contributed by atoms with Crippen molar-refractivity contribution in [2.24, 2.45) is 0 Å². The lowest BCUT2D eigenvalue weighted by Gasteiger charge is -2.35. The summed E-state index contributed by atoms with van der Waals surface area (Å²) in [6, 6.07) is 28.7. The van der Waals surface area contributed by atoms with Gasteiger partial charge in [-0.1, -0.05) is 59.9 Å². The summed E-state index contributed by atoms with van der Waals surface area (Å²) < 4.78 is 12.0. The fourth-order valence-corrected chi connectivity index (χ4v) is 6.11. The van der Waals surface area contributed by atoms with E-state index in [0.29, 0.717) is 16.7 Å². The summed E-state index contributed by atoms with van der Waals surface area (Å²) in [7, 11) is 0. The zero-order chi connectivity index (χ0) is 26.3. The number of fused-ring (bicyclic) bond motifs is 4. The molecule has 7 rings (SSSR count). The molecular weight excluding hydrogens is 510 g/mol. The molecule has 0 bridgehead atoms. The van der Waals surface area contributed by atoms with Crippen LogP contribution in [0.3, 0.4) is 0 Å². The van der Waals surface area contributed by atoms with Gasteiger partial charge in [0.25, 0.3) is 0 Å². The number of ether oxygens (including phenoxy) is 1. The van der Waals surface area contributed by atoms with Crippen LogP contribution in [0, 0.1) is 0 Å². The first-order valence-electron chi connectivity index (χ1n) is 12.8. The number of esters is 1. The van der Waals surface area contributed by atoms with Crippen LogP contribution in [0.15, 0.2) is 100 Å². The fraction of sp³-hybridized carbons (Fsp3) is 0.129. The van der Waals surface area contributed by atoms with Gasteiger partial charge >= 0.3 is 11.6 Å². The van der Waals surface area contributed by atoms with Crippen LogP contribution < -0.4 is 20.2 Å². The maximum Gasteiger partial charge on any atom is 0.351 e. The molecule has 0 amide bonds. The van der Waals surface area contributed by atoms with Crippen molar-refractivity contribution in [3.63, 3.8) is 0 Å². The summed E-state index contributed by atoms with van der Waals surface area (Å²) in [4.78, 5) is 35.1. The third-order valence-electron chi connectivity index (χ3n) is 7.09. The Balaban J connectivity index is 1.11. The number of aromatic nitrogens is 1. The number of anilines is 2.